The molecule has 0 amide bonds. The second-order valence-corrected chi connectivity index (χ2v) is 7.06. The van der Waals surface area contributed by atoms with Crippen molar-refractivity contribution < 1.29 is 27.5 Å². The highest BCUT2D eigenvalue weighted by Gasteiger charge is 2.34. The van der Waals surface area contributed by atoms with E-state index in [0.29, 0.717) is 41.7 Å². The first-order valence-electron chi connectivity index (χ1n) is 9.46. The summed E-state index contributed by atoms with van der Waals surface area (Å²) in [6.45, 7) is 0. The SMILES string of the molecule is O=C(O)c1nn(-c2nccc(C(F)(F)F)n2)c2c1CCCCC2=Cc1ccc(F)cc1. The number of hydrogen-bond donors (Lipinski definition) is 1. The van der Waals surface area contributed by atoms with Crippen molar-refractivity contribution in [2.24, 2.45) is 0 Å². The van der Waals surface area contributed by atoms with Gasteiger partial charge >= 0.3 is 12.1 Å². The summed E-state index contributed by atoms with van der Waals surface area (Å²) in [5, 5.41) is 13.7. The van der Waals surface area contributed by atoms with Crippen LogP contribution >= 0.6 is 0 Å². The molecule has 0 unspecified atom stereocenters. The van der Waals surface area contributed by atoms with Crippen LogP contribution in [0.3, 0.4) is 0 Å². The molecule has 3 aromatic rings. The van der Waals surface area contributed by atoms with Gasteiger partial charge in [-0.2, -0.15) is 23.0 Å². The first-order chi connectivity index (χ1) is 14.7. The van der Waals surface area contributed by atoms with Gasteiger partial charge in [0.15, 0.2) is 5.69 Å². The fourth-order valence-corrected chi connectivity index (χ4v) is 3.58. The molecule has 31 heavy (non-hydrogen) atoms. The number of hydrogen-bond acceptors (Lipinski definition) is 4. The minimum atomic E-state index is -4.69. The lowest BCUT2D eigenvalue weighted by atomic mass is 10.0. The summed E-state index contributed by atoms with van der Waals surface area (Å²) in [7, 11) is 0. The molecule has 0 radical (unpaired) electrons. The zero-order chi connectivity index (χ0) is 22.2. The van der Waals surface area contributed by atoms with E-state index in [1.165, 1.54) is 12.1 Å². The molecule has 1 aromatic carbocycles. The third kappa shape index (κ3) is 4.18. The van der Waals surface area contributed by atoms with Crippen LogP contribution in [0.25, 0.3) is 17.6 Å². The lowest BCUT2D eigenvalue weighted by molar-refractivity contribution is -0.141. The lowest BCUT2D eigenvalue weighted by Crippen LogP contribution is -2.14. The van der Waals surface area contributed by atoms with Gasteiger partial charge in [0.05, 0.1) is 5.69 Å². The maximum atomic E-state index is 13.3. The van der Waals surface area contributed by atoms with Crippen molar-refractivity contribution in [3.05, 3.63) is 70.6 Å². The number of carboxylic acids is 1. The van der Waals surface area contributed by atoms with Crippen molar-refractivity contribution >= 4 is 17.6 Å². The number of benzene rings is 1. The highest BCUT2D eigenvalue weighted by molar-refractivity contribution is 5.91. The Kier molecular flexibility index (Phi) is 5.30. The average Bonchev–Trinajstić information content (AvgIpc) is 2.99. The molecule has 6 nitrogen and oxygen atoms in total. The molecule has 2 aromatic heterocycles. The summed E-state index contributed by atoms with van der Waals surface area (Å²) in [6, 6.07) is 6.44. The van der Waals surface area contributed by atoms with Crippen LogP contribution in [0.5, 0.6) is 0 Å². The predicted molar refractivity (Wildman–Crippen MR) is 103 cm³/mol. The number of fused-ring (bicyclic) bond motifs is 1. The number of aromatic carboxylic acids is 1. The van der Waals surface area contributed by atoms with Gasteiger partial charge in [0.2, 0.25) is 0 Å². The van der Waals surface area contributed by atoms with Crippen molar-refractivity contribution in [2.45, 2.75) is 31.9 Å². The van der Waals surface area contributed by atoms with Crippen molar-refractivity contribution in [2.75, 3.05) is 0 Å². The number of rotatable bonds is 3. The Hall–Kier alpha value is -3.56. The quantitative estimate of drug-likeness (QED) is 0.476. The van der Waals surface area contributed by atoms with Gasteiger partial charge in [-0.15, -0.1) is 0 Å². The summed E-state index contributed by atoms with van der Waals surface area (Å²) < 4.78 is 53.8. The van der Waals surface area contributed by atoms with E-state index in [-0.39, 0.29) is 11.6 Å². The maximum Gasteiger partial charge on any atom is 0.433 e. The van der Waals surface area contributed by atoms with Crippen LogP contribution in [0.2, 0.25) is 0 Å². The molecule has 4 rings (SSSR count). The molecule has 1 N–H and O–H groups in total. The molecule has 0 bridgehead atoms. The third-order valence-electron chi connectivity index (χ3n) is 4.95. The summed E-state index contributed by atoms with van der Waals surface area (Å²) >= 11 is 0. The largest absolute Gasteiger partial charge is 0.476 e. The molecule has 0 fully saturated rings. The summed E-state index contributed by atoms with van der Waals surface area (Å²) in [5.41, 5.74) is 0.705. The van der Waals surface area contributed by atoms with E-state index < -0.39 is 23.7 Å². The molecule has 0 atom stereocenters. The molecule has 0 saturated heterocycles. The van der Waals surface area contributed by atoms with E-state index in [1.807, 2.05) is 0 Å². The van der Waals surface area contributed by atoms with Crippen molar-refractivity contribution in [3.8, 4) is 5.95 Å². The Morgan fingerprint density at radius 3 is 2.48 bits per heavy atom. The van der Waals surface area contributed by atoms with E-state index in [9.17, 15) is 27.5 Å². The zero-order valence-corrected chi connectivity index (χ0v) is 16.0. The Morgan fingerprint density at radius 2 is 1.81 bits per heavy atom. The fraction of sp³-hybridized carbons (Fsp3) is 0.238. The van der Waals surface area contributed by atoms with E-state index in [1.54, 1.807) is 18.2 Å². The van der Waals surface area contributed by atoms with Crippen LogP contribution in [-0.4, -0.2) is 30.8 Å². The number of allylic oxidation sites excluding steroid dienone is 1. The minimum Gasteiger partial charge on any atom is -0.476 e. The average molecular weight is 432 g/mol. The second kappa shape index (κ2) is 7.93. The van der Waals surface area contributed by atoms with Gasteiger partial charge in [-0.3, -0.25) is 0 Å². The standard InChI is InChI=1S/C21H16F4N4O2/c22-14-7-5-12(6-8-14)11-13-3-1-2-4-15-17(19(30)31)28-29(18(13)15)20-26-10-9-16(27-20)21(23,24)25/h5-11H,1-4H2,(H,30,31). The third-order valence-corrected chi connectivity index (χ3v) is 4.95. The van der Waals surface area contributed by atoms with E-state index in [4.69, 9.17) is 0 Å². The fourth-order valence-electron chi connectivity index (χ4n) is 3.58. The second-order valence-electron chi connectivity index (χ2n) is 7.06. The van der Waals surface area contributed by atoms with Crippen LogP contribution in [0, 0.1) is 5.82 Å². The van der Waals surface area contributed by atoms with Crippen molar-refractivity contribution in [1.82, 2.24) is 19.7 Å². The molecule has 0 aliphatic heterocycles. The van der Waals surface area contributed by atoms with Gasteiger partial charge in [0.1, 0.15) is 11.5 Å². The number of halogens is 4. The number of alkyl halides is 3. The number of nitrogens with zero attached hydrogens (tertiary/aromatic N) is 4. The Labute approximate surface area is 173 Å². The molecular weight excluding hydrogens is 416 g/mol. The summed E-state index contributed by atoms with van der Waals surface area (Å²) in [6.07, 6.45) is 0.378. The molecule has 2 heterocycles. The van der Waals surface area contributed by atoms with Crippen LogP contribution in [-0.2, 0) is 12.6 Å². The van der Waals surface area contributed by atoms with Gasteiger partial charge in [0.25, 0.3) is 5.95 Å². The summed E-state index contributed by atoms with van der Waals surface area (Å²) in [4.78, 5) is 19.3. The normalized spacial score (nSPS) is 15.5. The minimum absolute atomic E-state index is 0.247. The van der Waals surface area contributed by atoms with Gasteiger partial charge in [-0.25, -0.2) is 19.2 Å². The highest BCUT2D eigenvalue weighted by atomic mass is 19.4. The maximum absolute atomic E-state index is 13.3. The summed E-state index contributed by atoms with van der Waals surface area (Å²) in [5.74, 6) is -2.06. The smallest absolute Gasteiger partial charge is 0.433 e. The number of aromatic nitrogens is 4. The molecule has 1 aliphatic rings. The molecule has 160 valence electrons. The molecular formula is C21H16F4N4O2. The van der Waals surface area contributed by atoms with Crippen molar-refractivity contribution in [1.29, 1.82) is 0 Å². The highest BCUT2D eigenvalue weighted by Crippen LogP contribution is 2.35. The van der Waals surface area contributed by atoms with Crippen LogP contribution < -0.4 is 0 Å². The van der Waals surface area contributed by atoms with Crippen LogP contribution in [0.1, 0.15) is 52.3 Å². The Morgan fingerprint density at radius 1 is 1.10 bits per heavy atom. The van der Waals surface area contributed by atoms with Crippen LogP contribution in [0.4, 0.5) is 17.6 Å². The topological polar surface area (TPSA) is 80.9 Å². The van der Waals surface area contributed by atoms with Gasteiger partial charge < -0.3 is 5.11 Å². The Balaban J connectivity index is 1.94. The Bertz CT molecular complexity index is 1170. The van der Waals surface area contributed by atoms with Gasteiger partial charge in [-0.1, -0.05) is 12.1 Å². The van der Waals surface area contributed by atoms with E-state index in [2.05, 4.69) is 15.1 Å². The van der Waals surface area contributed by atoms with Crippen molar-refractivity contribution in [3.63, 3.8) is 0 Å². The first-order valence-corrected chi connectivity index (χ1v) is 9.46. The zero-order valence-electron chi connectivity index (χ0n) is 16.0. The first kappa shape index (κ1) is 20.7. The van der Waals surface area contributed by atoms with Crippen LogP contribution in [0.15, 0.2) is 36.5 Å². The lowest BCUT2D eigenvalue weighted by Gasteiger charge is -2.11. The van der Waals surface area contributed by atoms with E-state index in [0.717, 1.165) is 23.4 Å². The number of carboxylic acid groups (broad SMARTS) is 1. The molecule has 0 spiro atoms. The van der Waals surface area contributed by atoms with Gasteiger partial charge in [0, 0.05) is 11.8 Å². The monoisotopic (exact) mass is 432 g/mol. The van der Waals surface area contributed by atoms with Gasteiger partial charge in [-0.05, 0) is 61.1 Å². The molecule has 10 heteroatoms. The predicted octanol–water partition coefficient (Wildman–Crippen LogP) is 4.79. The number of carbonyl (C=O) groups is 1. The molecule has 0 saturated carbocycles. The van der Waals surface area contributed by atoms with E-state index >= 15 is 0 Å². The molecule has 1 aliphatic carbocycles.